The van der Waals surface area contributed by atoms with Crippen molar-refractivity contribution in [1.82, 2.24) is 24.8 Å². The van der Waals surface area contributed by atoms with Crippen molar-refractivity contribution in [1.29, 1.82) is 0 Å². The lowest BCUT2D eigenvalue weighted by molar-refractivity contribution is 0.102. The zero-order valence-electron chi connectivity index (χ0n) is 17.1. The molecule has 0 spiro atoms. The number of hydrogen-bond acceptors (Lipinski definition) is 5. The molecule has 0 unspecified atom stereocenters. The summed E-state index contributed by atoms with van der Waals surface area (Å²) < 4.78 is 1.73. The van der Waals surface area contributed by atoms with E-state index in [-0.39, 0.29) is 5.91 Å². The molecule has 2 N–H and O–H groups in total. The van der Waals surface area contributed by atoms with Crippen LogP contribution in [0.25, 0.3) is 16.9 Å². The van der Waals surface area contributed by atoms with Gasteiger partial charge in [0, 0.05) is 36.7 Å². The van der Waals surface area contributed by atoms with Gasteiger partial charge in [-0.25, -0.2) is 9.50 Å². The number of carbonyl (C=O) groups excluding carboxylic acids is 1. The second-order valence-electron chi connectivity index (χ2n) is 7.69. The first-order valence-corrected chi connectivity index (χ1v) is 10.3. The predicted molar refractivity (Wildman–Crippen MR) is 121 cm³/mol. The van der Waals surface area contributed by atoms with Crippen LogP contribution >= 0.6 is 0 Å². The molecule has 0 saturated carbocycles. The monoisotopic (exact) mass is 421 g/mol. The maximum Gasteiger partial charge on any atom is 0.278 e. The van der Waals surface area contributed by atoms with Crippen molar-refractivity contribution in [2.24, 2.45) is 0 Å². The zero-order chi connectivity index (χ0) is 21.5. The number of benzene rings is 2. The van der Waals surface area contributed by atoms with Crippen LogP contribution in [0.1, 0.15) is 21.6 Å². The van der Waals surface area contributed by atoms with Crippen LogP contribution in [-0.4, -0.2) is 30.7 Å². The minimum absolute atomic E-state index is 0.272. The number of nitrogens with one attached hydrogen (secondary N) is 2. The molecule has 1 aliphatic rings. The Morgan fingerprint density at radius 1 is 0.969 bits per heavy atom. The third kappa shape index (κ3) is 3.01. The quantitative estimate of drug-likeness (QED) is 0.459. The largest absolute Gasteiger partial charge is 0.358 e. The van der Waals surface area contributed by atoms with E-state index in [0.29, 0.717) is 30.1 Å². The topological polar surface area (TPSA) is 91.2 Å². The van der Waals surface area contributed by atoms with Gasteiger partial charge in [-0.1, -0.05) is 42.5 Å². The average molecular weight is 421 g/mol. The Hall–Kier alpha value is -4.46. The van der Waals surface area contributed by atoms with E-state index in [4.69, 9.17) is 5.10 Å². The minimum Gasteiger partial charge on any atom is -0.358 e. The molecule has 0 aliphatic carbocycles. The van der Waals surface area contributed by atoms with E-state index in [1.165, 1.54) is 11.1 Å². The Balaban J connectivity index is 1.50. The number of aromatic amines is 1. The van der Waals surface area contributed by atoms with E-state index >= 15 is 0 Å². The van der Waals surface area contributed by atoms with Crippen LogP contribution < -0.4 is 10.2 Å². The van der Waals surface area contributed by atoms with Gasteiger partial charge in [-0.3, -0.25) is 9.89 Å². The molecule has 1 amide bonds. The number of fused-ring (bicyclic) bond motifs is 2. The van der Waals surface area contributed by atoms with Crippen molar-refractivity contribution in [2.75, 3.05) is 10.2 Å². The first-order chi connectivity index (χ1) is 15.8. The number of rotatable bonds is 4. The Bertz CT molecular complexity index is 1400. The lowest BCUT2D eigenvalue weighted by atomic mass is 10.1. The summed E-state index contributed by atoms with van der Waals surface area (Å²) in [6, 6.07) is 19.6. The number of anilines is 2. The second-order valence-corrected chi connectivity index (χ2v) is 7.69. The number of para-hydroxylation sites is 1. The molecule has 8 heteroatoms. The standard InChI is InChI=1S/C24H19N7O/c32-24(28-19-8-2-1-3-9-19)21-22(30-14-16-6-4-5-7-17(16)15-30)23-25-11-10-20(31(23)29-21)18-12-26-27-13-18/h1-13H,14-15H2,(H,26,27)(H,28,32). The minimum atomic E-state index is -0.272. The molecule has 8 nitrogen and oxygen atoms in total. The molecular weight excluding hydrogens is 402 g/mol. The van der Waals surface area contributed by atoms with Crippen LogP contribution in [0.15, 0.2) is 79.3 Å². The Labute approximate surface area is 183 Å². The third-order valence-electron chi connectivity index (χ3n) is 5.69. The van der Waals surface area contributed by atoms with E-state index < -0.39 is 0 Å². The number of amides is 1. The van der Waals surface area contributed by atoms with Crippen LogP contribution in [-0.2, 0) is 13.1 Å². The van der Waals surface area contributed by atoms with Crippen molar-refractivity contribution in [3.63, 3.8) is 0 Å². The van der Waals surface area contributed by atoms with Crippen molar-refractivity contribution in [2.45, 2.75) is 13.1 Å². The fourth-order valence-corrected chi connectivity index (χ4v) is 4.19. The molecule has 0 radical (unpaired) electrons. The van der Waals surface area contributed by atoms with E-state index in [1.54, 1.807) is 23.1 Å². The molecule has 0 saturated heterocycles. The molecule has 0 atom stereocenters. The number of carbonyl (C=O) groups is 1. The summed E-state index contributed by atoms with van der Waals surface area (Å²) in [5, 5.41) is 14.6. The first kappa shape index (κ1) is 18.3. The molecule has 0 fully saturated rings. The van der Waals surface area contributed by atoms with Crippen LogP contribution in [0.5, 0.6) is 0 Å². The Kier molecular flexibility index (Phi) is 4.21. The highest BCUT2D eigenvalue weighted by Crippen LogP contribution is 2.35. The van der Waals surface area contributed by atoms with Gasteiger partial charge >= 0.3 is 0 Å². The number of aromatic nitrogens is 5. The molecule has 5 aromatic rings. The second kappa shape index (κ2) is 7.35. The number of hydrogen-bond donors (Lipinski definition) is 2. The highest BCUT2D eigenvalue weighted by atomic mass is 16.2. The van der Waals surface area contributed by atoms with E-state index in [0.717, 1.165) is 16.9 Å². The van der Waals surface area contributed by atoms with Gasteiger partial charge in [-0.15, -0.1) is 0 Å². The van der Waals surface area contributed by atoms with Gasteiger partial charge in [0.2, 0.25) is 0 Å². The summed E-state index contributed by atoms with van der Waals surface area (Å²) in [6.07, 6.45) is 5.27. The molecule has 3 aromatic heterocycles. The normalized spacial score (nSPS) is 12.8. The predicted octanol–water partition coefficient (Wildman–Crippen LogP) is 3.89. The van der Waals surface area contributed by atoms with Gasteiger partial charge in [0.25, 0.3) is 5.91 Å². The van der Waals surface area contributed by atoms with Gasteiger partial charge in [-0.05, 0) is 29.3 Å². The highest BCUT2D eigenvalue weighted by Gasteiger charge is 2.30. The van der Waals surface area contributed by atoms with Crippen molar-refractivity contribution in [3.8, 4) is 11.3 Å². The summed E-state index contributed by atoms with van der Waals surface area (Å²) in [5.74, 6) is -0.272. The first-order valence-electron chi connectivity index (χ1n) is 10.3. The number of H-pyrrole nitrogens is 1. The summed E-state index contributed by atoms with van der Waals surface area (Å²) in [7, 11) is 0. The molecule has 0 bridgehead atoms. The molecular formula is C24H19N7O. The van der Waals surface area contributed by atoms with Gasteiger partial charge in [-0.2, -0.15) is 10.2 Å². The molecule has 4 heterocycles. The fourth-order valence-electron chi connectivity index (χ4n) is 4.19. The summed E-state index contributed by atoms with van der Waals surface area (Å²) >= 11 is 0. The maximum atomic E-state index is 13.4. The molecule has 2 aromatic carbocycles. The van der Waals surface area contributed by atoms with E-state index in [2.05, 4.69) is 37.5 Å². The van der Waals surface area contributed by atoms with Gasteiger partial charge in [0.15, 0.2) is 11.3 Å². The summed E-state index contributed by atoms with van der Waals surface area (Å²) in [5.41, 5.74) is 6.57. The average Bonchev–Trinajstić information content (AvgIpc) is 3.57. The van der Waals surface area contributed by atoms with Crippen molar-refractivity contribution in [3.05, 3.63) is 96.1 Å². The third-order valence-corrected chi connectivity index (χ3v) is 5.69. The van der Waals surface area contributed by atoms with Crippen LogP contribution in [0, 0.1) is 0 Å². The molecule has 6 rings (SSSR count). The Morgan fingerprint density at radius 3 is 2.44 bits per heavy atom. The fraction of sp³-hybridized carbons (Fsp3) is 0.0833. The lowest BCUT2D eigenvalue weighted by Gasteiger charge is -2.17. The lowest BCUT2D eigenvalue weighted by Crippen LogP contribution is -2.20. The van der Waals surface area contributed by atoms with Crippen molar-refractivity contribution < 1.29 is 4.79 Å². The van der Waals surface area contributed by atoms with E-state index in [9.17, 15) is 4.79 Å². The highest BCUT2D eigenvalue weighted by molar-refractivity contribution is 6.09. The van der Waals surface area contributed by atoms with Crippen LogP contribution in [0.2, 0.25) is 0 Å². The van der Waals surface area contributed by atoms with Crippen LogP contribution in [0.4, 0.5) is 11.4 Å². The molecule has 156 valence electrons. The van der Waals surface area contributed by atoms with Gasteiger partial charge in [0.1, 0.15) is 5.69 Å². The smallest absolute Gasteiger partial charge is 0.278 e. The number of nitrogens with zero attached hydrogens (tertiary/aromatic N) is 5. The Morgan fingerprint density at radius 2 is 1.72 bits per heavy atom. The SMILES string of the molecule is O=C(Nc1ccccc1)c1nn2c(-c3cn[nH]c3)ccnc2c1N1Cc2ccccc2C1. The van der Waals surface area contributed by atoms with Gasteiger partial charge in [0.05, 0.1) is 11.9 Å². The van der Waals surface area contributed by atoms with E-state index in [1.807, 2.05) is 48.5 Å². The maximum absolute atomic E-state index is 13.4. The molecule has 32 heavy (non-hydrogen) atoms. The van der Waals surface area contributed by atoms with Gasteiger partial charge < -0.3 is 10.2 Å². The van der Waals surface area contributed by atoms with Crippen LogP contribution in [0.3, 0.4) is 0 Å². The zero-order valence-corrected chi connectivity index (χ0v) is 17.1. The summed E-state index contributed by atoms with van der Waals surface area (Å²) in [4.78, 5) is 20.2. The molecule has 1 aliphatic heterocycles. The summed E-state index contributed by atoms with van der Waals surface area (Å²) in [6.45, 7) is 1.39. The van der Waals surface area contributed by atoms with Crippen molar-refractivity contribution >= 4 is 22.9 Å².